The molecule has 0 unspecified atom stereocenters. The van der Waals surface area contributed by atoms with Crippen LogP contribution in [0.25, 0.3) is 10.6 Å². The Balaban J connectivity index is 1.55. The molecule has 6 nitrogen and oxygen atoms in total. The van der Waals surface area contributed by atoms with Gasteiger partial charge in [0.15, 0.2) is 0 Å². The number of carbonyl (C=O) groups excluding carboxylic acids is 1. The SMILES string of the molecule is CCN(CCOc1ccccc1)Cc1ccc(-c2ccc(C(=O)NO)s2)nc1. The molecule has 0 aliphatic carbocycles. The van der Waals surface area contributed by atoms with E-state index in [1.54, 1.807) is 11.5 Å². The highest BCUT2D eigenvalue weighted by Crippen LogP contribution is 2.26. The van der Waals surface area contributed by atoms with Gasteiger partial charge in [-0.25, -0.2) is 5.48 Å². The number of amides is 1. The van der Waals surface area contributed by atoms with Crippen molar-refractivity contribution in [2.24, 2.45) is 0 Å². The lowest BCUT2D eigenvalue weighted by molar-refractivity contribution is 0.0711. The molecule has 0 radical (unpaired) electrons. The van der Waals surface area contributed by atoms with Gasteiger partial charge in [0, 0.05) is 19.3 Å². The van der Waals surface area contributed by atoms with Gasteiger partial charge in [0.1, 0.15) is 12.4 Å². The summed E-state index contributed by atoms with van der Waals surface area (Å²) in [5.74, 6) is 0.374. The van der Waals surface area contributed by atoms with Gasteiger partial charge in [-0.2, -0.15) is 0 Å². The number of carbonyl (C=O) groups is 1. The van der Waals surface area contributed by atoms with Gasteiger partial charge in [-0.3, -0.25) is 19.9 Å². The number of ether oxygens (including phenoxy) is 1. The molecule has 0 aliphatic rings. The number of pyridine rings is 1. The van der Waals surface area contributed by atoms with Crippen molar-refractivity contribution in [2.75, 3.05) is 19.7 Å². The molecule has 0 atom stereocenters. The first-order valence-electron chi connectivity index (χ1n) is 9.09. The van der Waals surface area contributed by atoms with Gasteiger partial charge in [-0.05, 0) is 42.4 Å². The maximum atomic E-state index is 11.5. The number of hydroxylamine groups is 1. The molecular formula is C21H23N3O3S. The van der Waals surface area contributed by atoms with Crippen LogP contribution in [0.2, 0.25) is 0 Å². The van der Waals surface area contributed by atoms with Crippen LogP contribution in [0.4, 0.5) is 0 Å². The number of para-hydroxylation sites is 1. The zero-order valence-electron chi connectivity index (χ0n) is 15.7. The van der Waals surface area contributed by atoms with Crippen molar-refractivity contribution in [3.05, 3.63) is 71.2 Å². The van der Waals surface area contributed by atoms with Gasteiger partial charge < -0.3 is 4.74 Å². The number of nitrogens with zero attached hydrogens (tertiary/aromatic N) is 2. The molecule has 0 aliphatic heterocycles. The third-order valence-corrected chi connectivity index (χ3v) is 5.39. The first-order valence-corrected chi connectivity index (χ1v) is 9.91. The average Bonchev–Trinajstić information content (AvgIpc) is 3.24. The third-order valence-electron chi connectivity index (χ3n) is 4.28. The third kappa shape index (κ3) is 5.39. The van der Waals surface area contributed by atoms with Crippen LogP contribution in [0.1, 0.15) is 22.2 Å². The van der Waals surface area contributed by atoms with Crippen LogP contribution in [-0.2, 0) is 6.54 Å². The minimum absolute atomic E-state index is 0.443. The lowest BCUT2D eigenvalue weighted by Gasteiger charge is -2.20. The fraction of sp³-hybridized carbons (Fsp3) is 0.238. The second-order valence-electron chi connectivity index (χ2n) is 6.19. The highest BCUT2D eigenvalue weighted by atomic mass is 32.1. The normalized spacial score (nSPS) is 10.8. The van der Waals surface area contributed by atoms with Crippen molar-refractivity contribution < 1.29 is 14.7 Å². The van der Waals surface area contributed by atoms with Crippen molar-refractivity contribution in [1.29, 1.82) is 0 Å². The van der Waals surface area contributed by atoms with Gasteiger partial charge in [-0.1, -0.05) is 31.2 Å². The number of hydrogen-bond donors (Lipinski definition) is 2. The Labute approximate surface area is 168 Å². The Morgan fingerprint density at radius 2 is 2.00 bits per heavy atom. The second kappa shape index (κ2) is 9.98. The molecular weight excluding hydrogens is 374 g/mol. The molecule has 7 heteroatoms. The standard InChI is InChI=1S/C21H23N3O3S/c1-2-24(12-13-27-17-6-4-3-5-7-17)15-16-8-9-18(22-14-16)19-10-11-20(28-19)21(25)23-26/h3-11,14,26H,2,12-13,15H2,1H3,(H,23,25). The van der Waals surface area contributed by atoms with Crippen LogP contribution in [0, 0.1) is 0 Å². The highest BCUT2D eigenvalue weighted by Gasteiger charge is 2.11. The Morgan fingerprint density at radius 1 is 1.18 bits per heavy atom. The number of benzene rings is 1. The number of hydrogen-bond acceptors (Lipinski definition) is 6. The summed E-state index contributed by atoms with van der Waals surface area (Å²) in [6.45, 7) is 5.31. The number of thiophene rings is 1. The van der Waals surface area contributed by atoms with Gasteiger partial charge in [-0.15, -0.1) is 11.3 Å². The summed E-state index contributed by atoms with van der Waals surface area (Å²) in [6.07, 6.45) is 1.86. The molecule has 1 amide bonds. The Kier molecular flexibility index (Phi) is 7.13. The summed E-state index contributed by atoms with van der Waals surface area (Å²) >= 11 is 1.29. The highest BCUT2D eigenvalue weighted by molar-refractivity contribution is 7.17. The molecule has 0 spiro atoms. The second-order valence-corrected chi connectivity index (χ2v) is 7.27. The van der Waals surface area contributed by atoms with E-state index in [9.17, 15) is 4.79 Å². The zero-order chi connectivity index (χ0) is 19.8. The van der Waals surface area contributed by atoms with E-state index in [0.29, 0.717) is 11.5 Å². The molecule has 1 aromatic carbocycles. The minimum Gasteiger partial charge on any atom is -0.492 e. The van der Waals surface area contributed by atoms with Crippen LogP contribution in [0.15, 0.2) is 60.8 Å². The quantitative estimate of drug-likeness (QED) is 0.424. The van der Waals surface area contributed by atoms with Crippen molar-refractivity contribution in [2.45, 2.75) is 13.5 Å². The molecule has 3 rings (SSSR count). The van der Waals surface area contributed by atoms with Gasteiger partial charge in [0.25, 0.3) is 5.91 Å². The van der Waals surface area contributed by atoms with Crippen LogP contribution in [0.5, 0.6) is 5.75 Å². The van der Waals surface area contributed by atoms with Crippen LogP contribution >= 0.6 is 11.3 Å². The summed E-state index contributed by atoms with van der Waals surface area (Å²) in [7, 11) is 0. The van der Waals surface area contributed by atoms with Crippen molar-refractivity contribution in [3.63, 3.8) is 0 Å². The molecule has 2 aromatic heterocycles. The molecule has 3 aromatic rings. The summed E-state index contributed by atoms with van der Waals surface area (Å²) in [4.78, 5) is 19.6. The molecule has 0 saturated carbocycles. The van der Waals surface area contributed by atoms with E-state index in [-0.39, 0.29) is 0 Å². The molecule has 28 heavy (non-hydrogen) atoms. The smallest absolute Gasteiger partial charge is 0.284 e. The Morgan fingerprint density at radius 3 is 2.68 bits per heavy atom. The van der Waals surface area contributed by atoms with E-state index in [2.05, 4.69) is 22.9 Å². The van der Waals surface area contributed by atoms with Gasteiger partial charge in [0.2, 0.25) is 0 Å². The largest absolute Gasteiger partial charge is 0.492 e. The molecule has 0 saturated heterocycles. The summed E-state index contributed by atoms with van der Waals surface area (Å²) in [5.41, 5.74) is 3.57. The molecule has 146 valence electrons. The van der Waals surface area contributed by atoms with Crippen molar-refractivity contribution >= 4 is 17.2 Å². The lowest BCUT2D eigenvalue weighted by atomic mass is 10.2. The number of likely N-dealkylation sites (N-methyl/N-ethyl adjacent to an activating group) is 1. The van der Waals surface area contributed by atoms with E-state index in [0.717, 1.165) is 41.5 Å². The van der Waals surface area contributed by atoms with E-state index in [4.69, 9.17) is 9.94 Å². The van der Waals surface area contributed by atoms with E-state index in [1.165, 1.54) is 11.3 Å². The summed E-state index contributed by atoms with van der Waals surface area (Å²) in [5, 5.41) is 8.72. The van der Waals surface area contributed by atoms with Crippen molar-refractivity contribution in [3.8, 4) is 16.3 Å². The minimum atomic E-state index is -0.510. The van der Waals surface area contributed by atoms with Crippen molar-refractivity contribution in [1.82, 2.24) is 15.4 Å². The first-order chi connectivity index (χ1) is 13.7. The molecule has 2 N–H and O–H groups in total. The maximum absolute atomic E-state index is 11.5. The van der Waals surface area contributed by atoms with E-state index >= 15 is 0 Å². The molecule has 0 fully saturated rings. The Hall–Kier alpha value is -2.74. The summed E-state index contributed by atoms with van der Waals surface area (Å²) in [6, 6.07) is 17.3. The first kappa shape index (κ1) is 20.0. The Bertz CT molecular complexity index is 881. The predicted octanol–water partition coefficient (Wildman–Crippen LogP) is 3.83. The average molecular weight is 398 g/mol. The fourth-order valence-corrected chi connectivity index (χ4v) is 3.61. The van der Waals surface area contributed by atoms with Gasteiger partial charge >= 0.3 is 0 Å². The molecule has 0 bridgehead atoms. The fourth-order valence-electron chi connectivity index (χ4n) is 2.73. The van der Waals surface area contributed by atoms with Gasteiger partial charge in [0.05, 0.1) is 15.4 Å². The van der Waals surface area contributed by atoms with E-state index in [1.807, 2.05) is 48.7 Å². The topological polar surface area (TPSA) is 74.7 Å². The number of nitrogens with one attached hydrogen (secondary N) is 1. The predicted molar refractivity (Wildman–Crippen MR) is 110 cm³/mol. The van der Waals surface area contributed by atoms with Crippen LogP contribution in [-0.4, -0.2) is 40.7 Å². The number of rotatable bonds is 9. The van der Waals surface area contributed by atoms with Crippen LogP contribution < -0.4 is 10.2 Å². The van der Waals surface area contributed by atoms with E-state index < -0.39 is 5.91 Å². The molecule has 2 heterocycles. The monoisotopic (exact) mass is 397 g/mol. The summed E-state index contributed by atoms with van der Waals surface area (Å²) < 4.78 is 5.78. The zero-order valence-corrected chi connectivity index (χ0v) is 16.5. The maximum Gasteiger partial charge on any atom is 0.284 e. The lowest BCUT2D eigenvalue weighted by Crippen LogP contribution is -2.27. The number of aromatic nitrogens is 1. The van der Waals surface area contributed by atoms with Crippen LogP contribution in [0.3, 0.4) is 0 Å².